The number of hydrogen-bond acceptors (Lipinski definition) is 4. The van der Waals surface area contributed by atoms with Crippen LogP contribution >= 0.6 is 11.3 Å². The van der Waals surface area contributed by atoms with Crippen LogP contribution in [0.25, 0.3) is 0 Å². The lowest BCUT2D eigenvalue weighted by Gasteiger charge is -2.22. The molecule has 27 heavy (non-hydrogen) atoms. The Balaban J connectivity index is 2.05. The smallest absolute Gasteiger partial charge is 0.194 e. The molecule has 0 fully saturated rings. The van der Waals surface area contributed by atoms with E-state index in [0.29, 0.717) is 5.92 Å². The van der Waals surface area contributed by atoms with Gasteiger partial charge in [0, 0.05) is 38.5 Å². The fourth-order valence-electron chi connectivity index (χ4n) is 2.86. The van der Waals surface area contributed by atoms with Crippen LogP contribution in [0.3, 0.4) is 0 Å². The molecule has 6 heteroatoms. The molecule has 0 bridgehead atoms. The molecule has 1 N–H and O–H groups in total. The summed E-state index contributed by atoms with van der Waals surface area (Å²) in [5.74, 6) is 1.35. The number of nitrogens with zero attached hydrogens (tertiary/aromatic N) is 3. The van der Waals surface area contributed by atoms with E-state index in [-0.39, 0.29) is 6.10 Å². The number of aromatic nitrogens is 1. The van der Waals surface area contributed by atoms with Gasteiger partial charge in [-0.15, -0.1) is 11.3 Å². The maximum Gasteiger partial charge on any atom is 0.194 e. The highest BCUT2D eigenvalue weighted by Crippen LogP contribution is 2.21. The molecule has 0 aliphatic heterocycles. The van der Waals surface area contributed by atoms with E-state index in [0.717, 1.165) is 42.7 Å². The first kappa shape index (κ1) is 21.4. The lowest BCUT2D eigenvalue weighted by molar-refractivity contribution is 0.119. The lowest BCUT2D eigenvalue weighted by atomic mass is 9.97. The minimum Gasteiger partial charge on any atom is -0.375 e. The Morgan fingerprint density at radius 2 is 2.04 bits per heavy atom. The number of nitrogens with one attached hydrogen (secondary N) is 1. The summed E-state index contributed by atoms with van der Waals surface area (Å²) in [6, 6.07) is 10.6. The molecule has 2 aromatic rings. The summed E-state index contributed by atoms with van der Waals surface area (Å²) in [6.07, 6.45) is 1.10. The van der Waals surface area contributed by atoms with Gasteiger partial charge >= 0.3 is 0 Å². The van der Waals surface area contributed by atoms with Crippen molar-refractivity contribution < 1.29 is 4.74 Å². The minimum absolute atomic E-state index is 0.0344. The third-order valence-electron chi connectivity index (χ3n) is 4.59. The van der Waals surface area contributed by atoms with Gasteiger partial charge in [-0.2, -0.15) is 0 Å². The van der Waals surface area contributed by atoms with Gasteiger partial charge < -0.3 is 15.0 Å². The molecule has 1 heterocycles. The number of hydrogen-bond donors (Lipinski definition) is 1. The molecule has 0 saturated heterocycles. The zero-order valence-corrected chi connectivity index (χ0v) is 17.9. The molecule has 0 amide bonds. The average molecular weight is 389 g/mol. The highest BCUT2D eigenvalue weighted by atomic mass is 32.1. The molecule has 0 saturated carbocycles. The Labute approximate surface area is 167 Å². The Morgan fingerprint density at radius 3 is 2.67 bits per heavy atom. The molecule has 5 nitrogen and oxygen atoms in total. The molecule has 0 aliphatic rings. The molecular formula is C21H32N4OS. The molecule has 2 rings (SSSR count). The number of guanidine groups is 1. The number of thiazole rings is 1. The van der Waals surface area contributed by atoms with Crippen LogP contribution in [0.15, 0.2) is 40.7 Å². The summed E-state index contributed by atoms with van der Waals surface area (Å²) in [4.78, 5) is 11.7. The predicted octanol–water partition coefficient (Wildman–Crippen LogP) is 4.44. The maximum atomic E-state index is 5.36. The molecule has 0 aliphatic carbocycles. The predicted molar refractivity (Wildman–Crippen MR) is 114 cm³/mol. The standard InChI is InChI=1S/C21H32N4OS/c1-6-17(18-11-9-8-10-12-18)13-23-21(22-7-2)25(4)14-19-15-27-20(24-19)16(3)26-5/h8-12,15-17H,6-7,13-14H2,1-5H3,(H,22,23). The van der Waals surface area contributed by atoms with E-state index in [1.54, 1.807) is 18.4 Å². The van der Waals surface area contributed by atoms with Gasteiger partial charge in [-0.25, -0.2) is 4.98 Å². The Kier molecular flexibility index (Phi) is 8.75. The zero-order valence-electron chi connectivity index (χ0n) is 17.1. The van der Waals surface area contributed by atoms with Crippen LogP contribution in [0.4, 0.5) is 0 Å². The second-order valence-corrected chi connectivity index (χ2v) is 7.51. The topological polar surface area (TPSA) is 49.8 Å². The second-order valence-electron chi connectivity index (χ2n) is 6.62. The number of ether oxygens (including phenoxy) is 1. The van der Waals surface area contributed by atoms with Gasteiger partial charge in [0.2, 0.25) is 0 Å². The third-order valence-corrected chi connectivity index (χ3v) is 5.65. The SMILES string of the molecule is CCNC(=NCC(CC)c1ccccc1)N(C)Cc1csc(C(C)OC)n1. The molecule has 1 aromatic heterocycles. The van der Waals surface area contributed by atoms with Crippen LogP contribution in [0.2, 0.25) is 0 Å². The van der Waals surface area contributed by atoms with Crippen molar-refractivity contribution in [2.75, 3.05) is 27.2 Å². The molecule has 0 radical (unpaired) electrons. The van der Waals surface area contributed by atoms with Crippen LogP contribution in [0, 0.1) is 0 Å². The minimum atomic E-state index is 0.0344. The maximum absolute atomic E-state index is 5.36. The average Bonchev–Trinajstić information content (AvgIpc) is 3.16. The van der Waals surface area contributed by atoms with E-state index in [2.05, 4.69) is 66.8 Å². The molecule has 148 valence electrons. The quantitative estimate of drug-likeness (QED) is 0.510. The number of benzene rings is 1. The third kappa shape index (κ3) is 6.33. The first-order valence-electron chi connectivity index (χ1n) is 9.60. The van der Waals surface area contributed by atoms with Gasteiger partial charge in [-0.1, -0.05) is 37.3 Å². The van der Waals surface area contributed by atoms with Gasteiger partial charge in [-0.3, -0.25) is 4.99 Å². The van der Waals surface area contributed by atoms with E-state index in [1.165, 1.54) is 5.56 Å². The largest absolute Gasteiger partial charge is 0.375 e. The molecule has 1 aromatic carbocycles. The van der Waals surface area contributed by atoms with Crippen LogP contribution in [-0.2, 0) is 11.3 Å². The first-order valence-corrected chi connectivity index (χ1v) is 10.5. The summed E-state index contributed by atoms with van der Waals surface area (Å²) < 4.78 is 5.36. The van der Waals surface area contributed by atoms with Crippen molar-refractivity contribution in [3.05, 3.63) is 52.0 Å². The Hall–Kier alpha value is -1.92. The Bertz CT molecular complexity index is 701. The number of rotatable bonds is 9. The summed E-state index contributed by atoms with van der Waals surface area (Å²) in [5.41, 5.74) is 2.39. The van der Waals surface area contributed by atoms with Crippen molar-refractivity contribution in [1.82, 2.24) is 15.2 Å². The van der Waals surface area contributed by atoms with Crippen molar-refractivity contribution >= 4 is 17.3 Å². The van der Waals surface area contributed by atoms with Crippen molar-refractivity contribution in [2.24, 2.45) is 4.99 Å². The van der Waals surface area contributed by atoms with Crippen molar-refractivity contribution in [2.45, 2.75) is 45.8 Å². The van der Waals surface area contributed by atoms with Gasteiger partial charge in [0.15, 0.2) is 5.96 Å². The number of aliphatic imine (C=N–C) groups is 1. The molecule has 0 spiro atoms. The van der Waals surface area contributed by atoms with E-state index in [1.807, 2.05) is 6.92 Å². The van der Waals surface area contributed by atoms with E-state index in [9.17, 15) is 0 Å². The van der Waals surface area contributed by atoms with Crippen molar-refractivity contribution in [1.29, 1.82) is 0 Å². The fourth-order valence-corrected chi connectivity index (χ4v) is 3.70. The molecular weight excluding hydrogens is 356 g/mol. The van der Waals surface area contributed by atoms with E-state index < -0.39 is 0 Å². The van der Waals surface area contributed by atoms with E-state index in [4.69, 9.17) is 14.7 Å². The summed E-state index contributed by atoms with van der Waals surface area (Å²) in [6.45, 7) is 8.68. The normalized spacial score (nSPS) is 14.0. The van der Waals surface area contributed by atoms with Gasteiger partial charge in [-0.05, 0) is 25.8 Å². The van der Waals surface area contributed by atoms with Crippen LogP contribution in [-0.4, -0.2) is 43.1 Å². The van der Waals surface area contributed by atoms with E-state index >= 15 is 0 Å². The first-order chi connectivity index (χ1) is 13.1. The monoisotopic (exact) mass is 388 g/mol. The van der Waals surface area contributed by atoms with Crippen LogP contribution < -0.4 is 5.32 Å². The van der Waals surface area contributed by atoms with Crippen LogP contribution in [0.1, 0.15) is 55.5 Å². The zero-order chi connectivity index (χ0) is 19.6. The lowest BCUT2D eigenvalue weighted by Crippen LogP contribution is -2.38. The van der Waals surface area contributed by atoms with Crippen molar-refractivity contribution in [3.63, 3.8) is 0 Å². The second kappa shape index (κ2) is 11.0. The van der Waals surface area contributed by atoms with Crippen LogP contribution in [0.5, 0.6) is 0 Å². The van der Waals surface area contributed by atoms with Gasteiger partial charge in [0.25, 0.3) is 0 Å². The number of methoxy groups -OCH3 is 1. The Morgan fingerprint density at radius 1 is 1.30 bits per heavy atom. The summed E-state index contributed by atoms with van der Waals surface area (Å²) in [7, 11) is 3.77. The summed E-state index contributed by atoms with van der Waals surface area (Å²) in [5, 5.41) is 6.51. The fraction of sp³-hybridized carbons (Fsp3) is 0.524. The van der Waals surface area contributed by atoms with Gasteiger partial charge in [0.1, 0.15) is 11.1 Å². The summed E-state index contributed by atoms with van der Waals surface area (Å²) >= 11 is 1.65. The highest BCUT2D eigenvalue weighted by molar-refractivity contribution is 7.09. The highest BCUT2D eigenvalue weighted by Gasteiger charge is 2.14. The molecule has 2 unspecified atom stereocenters. The van der Waals surface area contributed by atoms with Crippen molar-refractivity contribution in [3.8, 4) is 0 Å². The molecule has 2 atom stereocenters. The van der Waals surface area contributed by atoms with Gasteiger partial charge in [0.05, 0.1) is 12.2 Å².